The molecule has 1 aromatic carbocycles. The van der Waals surface area contributed by atoms with Gasteiger partial charge in [0.15, 0.2) is 0 Å². The van der Waals surface area contributed by atoms with Crippen molar-refractivity contribution in [2.45, 2.75) is 13.0 Å². The van der Waals surface area contributed by atoms with Gasteiger partial charge < -0.3 is 21.9 Å². The Kier molecular flexibility index (Phi) is 3.34. The Morgan fingerprint density at radius 2 is 2.06 bits per heavy atom. The van der Waals surface area contributed by atoms with E-state index in [1.165, 1.54) is 25.1 Å². The monoisotopic (exact) mass is 223 g/mol. The molecule has 6 N–H and O–H groups in total. The van der Waals surface area contributed by atoms with E-state index >= 15 is 0 Å². The van der Waals surface area contributed by atoms with Gasteiger partial charge in [-0.3, -0.25) is 9.59 Å². The van der Waals surface area contributed by atoms with Crippen LogP contribution in [0, 0.1) is 0 Å². The van der Waals surface area contributed by atoms with Crippen molar-refractivity contribution in [2.24, 2.45) is 5.73 Å². The van der Waals surface area contributed by atoms with Crippen LogP contribution >= 0.6 is 0 Å². The highest BCUT2D eigenvalue weighted by atomic mass is 16.3. The Morgan fingerprint density at radius 1 is 1.44 bits per heavy atom. The summed E-state index contributed by atoms with van der Waals surface area (Å²) in [6, 6.07) is 3.19. The predicted molar refractivity (Wildman–Crippen MR) is 58.6 cm³/mol. The number of hydrogen-bond acceptors (Lipinski definition) is 4. The first-order chi connectivity index (χ1) is 7.41. The van der Waals surface area contributed by atoms with Gasteiger partial charge >= 0.3 is 0 Å². The molecule has 0 spiro atoms. The van der Waals surface area contributed by atoms with Crippen LogP contribution in [0.5, 0.6) is 5.75 Å². The van der Waals surface area contributed by atoms with Gasteiger partial charge in [0.1, 0.15) is 11.8 Å². The standard InChI is InChI=1S/C10H13N3O3/c1-5(9(12)15)13-10(16)7-4-6(14)2-3-8(7)11/h2-5,14H,11H2,1H3,(H2,12,15)(H,13,16). The summed E-state index contributed by atoms with van der Waals surface area (Å²) in [4.78, 5) is 22.4. The molecule has 6 nitrogen and oxygen atoms in total. The fraction of sp³-hybridized carbons (Fsp3) is 0.200. The van der Waals surface area contributed by atoms with Crippen LogP contribution in [-0.2, 0) is 4.79 Å². The molecular weight excluding hydrogens is 210 g/mol. The molecule has 1 aromatic rings. The Labute approximate surface area is 92.2 Å². The summed E-state index contributed by atoms with van der Waals surface area (Å²) >= 11 is 0. The molecular formula is C10H13N3O3. The number of aromatic hydroxyl groups is 1. The van der Waals surface area contributed by atoms with Gasteiger partial charge in [0.05, 0.1) is 5.56 Å². The van der Waals surface area contributed by atoms with E-state index in [-0.39, 0.29) is 17.0 Å². The Bertz CT molecular complexity index is 431. The molecule has 16 heavy (non-hydrogen) atoms. The van der Waals surface area contributed by atoms with Gasteiger partial charge in [0.2, 0.25) is 5.91 Å². The van der Waals surface area contributed by atoms with E-state index in [1.807, 2.05) is 0 Å². The predicted octanol–water partition coefficient (Wildman–Crippen LogP) is -0.422. The number of phenols is 1. The number of primary amides is 1. The number of nitrogens with one attached hydrogen (secondary N) is 1. The Morgan fingerprint density at radius 3 is 2.62 bits per heavy atom. The average Bonchev–Trinajstić information content (AvgIpc) is 2.21. The second-order valence-electron chi connectivity index (χ2n) is 3.37. The number of benzene rings is 1. The number of phenolic OH excluding ortho intramolecular Hbond substituents is 1. The summed E-state index contributed by atoms with van der Waals surface area (Å²) in [5, 5.41) is 11.6. The SMILES string of the molecule is CC(NC(=O)c1cc(O)ccc1N)C(N)=O. The van der Waals surface area contributed by atoms with Crippen LogP contribution in [0.4, 0.5) is 5.69 Å². The van der Waals surface area contributed by atoms with Crippen LogP contribution in [0.25, 0.3) is 0 Å². The lowest BCUT2D eigenvalue weighted by Crippen LogP contribution is -2.42. The summed E-state index contributed by atoms with van der Waals surface area (Å²) in [7, 11) is 0. The molecule has 0 aliphatic heterocycles. The van der Waals surface area contributed by atoms with E-state index in [4.69, 9.17) is 11.5 Å². The second kappa shape index (κ2) is 4.52. The summed E-state index contributed by atoms with van der Waals surface area (Å²) in [6.45, 7) is 1.46. The number of amides is 2. The first-order valence-electron chi connectivity index (χ1n) is 4.60. The van der Waals surface area contributed by atoms with Crippen molar-refractivity contribution in [3.05, 3.63) is 23.8 Å². The minimum absolute atomic E-state index is 0.0777. The Hall–Kier alpha value is -2.24. The van der Waals surface area contributed by atoms with Crippen molar-refractivity contribution in [1.82, 2.24) is 5.32 Å². The van der Waals surface area contributed by atoms with Crippen LogP contribution in [0.2, 0.25) is 0 Å². The quantitative estimate of drug-likeness (QED) is 0.411. The maximum Gasteiger partial charge on any atom is 0.254 e. The molecule has 0 heterocycles. The molecule has 0 saturated heterocycles. The first-order valence-corrected chi connectivity index (χ1v) is 4.60. The second-order valence-corrected chi connectivity index (χ2v) is 3.37. The van der Waals surface area contributed by atoms with Crippen LogP contribution in [0.1, 0.15) is 17.3 Å². The Balaban J connectivity index is 2.88. The third kappa shape index (κ3) is 2.63. The van der Waals surface area contributed by atoms with Crippen molar-refractivity contribution in [2.75, 3.05) is 5.73 Å². The zero-order valence-electron chi connectivity index (χ0n) is 8.73. The number of hydrogen-bond donors (Lipinski definition) is 4. The lowest BCUT2D eigenvalue weighted by Gasteiger charge is -2.11. The highest BCUT2D eigenvalue weighted by Crippen LogP contribution is 2.18. The molecule has 1 rings (SSSR count). The fourth-order valence-electron chi connectivity index (χ4n) is 1.09. The summed E-state index contributed by atoms with van der Waals surface area (Å²) in [5.41, 5.74) is 10.9. The third-order valence-electron chi connectivity index (χ3n) is 2.06. The van der Waals surface area contributed by atoms with Gasteiger partial charge in [-0.1, -0.05) is 0 Å². The molecule has 86 valence electrons. The highest BCUT2D eigenvalue weighted by Gasteiger charge is 2.16. The molecule has 0 bridgehead atoms. The number of carbonyl (C=O) groups is 2. The third-order valence-corrected chi connectivity index (χ3v) is 2.06. The van der Waals surface area contributed by atoms with Gasteiger partial charge in [-0.15, -0.1) is 0 Å². The molecule has 0 fully saturated rings. The number of rotatable bonds is 3. The van der Waals surface area contributed by atoms with Crippen molar-refractivity contribution >= 4 is 17.5 Å². The number of anilines is 1. The van der Waals surface area contributed by atoms with Crippen LogP contribution in [0.3, 0.4) is 0 Å². The number of carbonyl (C=O) groups excluding carboxylic acids is 2. The maximum absolute atomic E-state index is 11.6. The lowest BCUT2D eigenvalue weighted by molar-refractivity contribution is -0.119. The van der Waals surface area contributed by atoms with Crippen molar-refractivity contribution in [1.29, 1.82) is 0 Å². The van der Waals surface area contributed by atoms with Gasteiger partial charge in [-0.05, 0) is 25.1 Å². The van der Waals surface area contributed by atoms with Gasteiger partial charge in [0.25, 0.3) is 5.91 Å². The molecule has 0 radical (unpaired) electrons. The maximum atomic E-state index is 11.6. The lowest BCUT2D eigenvalue weighted by atomic mass is 10.1. The molecule has 0 saturated carbocycles. The minimum atomic E-state index is -0.797. The molecule has 0 aromatic heterocycles. The van der Waals surface area contributed by atoms with E-state index in [9.17, 15) is 14.7 Å². The van der Waals surface area contributed by atoms with Crippen molar-refractivity contribution in [3.8, 4) is 5.75 Å². The van der Waals surface area contributed by atoms with E-state index in [1.54, 1.807) is 0 Å². The molecule has 0 aliphatic rings. The number of nitrogens with two attached hydrogens (primary N) is 2. The highest BCUT2D eigenvalue weighted by molar-refractivity contribution is 6.01. The smallest absolute Gasteiger partial charge is 0.254 e. The van der Waals surface area contributed by atoms with Crippen LogP contribution in [0.15, 0.2) is 18.2 Å². The zero-order chi connectivity index (χ0) is 12.3. The van der Waals surface area contributed by atoms with E-state index < -0.39 is 17.9 Å². The van der Waals surface area contributed by atoms with E-state index in [0.29, 0.717) is 0 Å². The zero-order valence-corrected chi connectivity index (χ0v) is 8.73. The summed E-state index contributed by atoms with van der Waals surface area (Å²) < 4.78 is 0. The molecule has 2 amide bonds. The number of nitrogen functional groups attached to an aromatic ring is 1. The molecule has 6 heteroatoms. The van der Waals surface area contributed by atoms with E-state index in [2.05, 4.69) is 5.32 Å². The van der Waals surface area contributed by atoms with Gasteiger partial charge in [0, 0.05) is 5.69 Å². The first kappa shape index (κ1) is 11.8. The van der Waals surface area contributed by atoms with Gasteiger partial charge in [-0.25, -0.2) is 0 Å². The molecule has 1 atom stereocenters. The minimum Gasteiger partial charge on any atom is -0.508 e. The molecule has 1 unspecified atom stereocenters. The normalized spacial score (nSPS) is 11.8. The van der Waals surface area contributed by atoms with Crippen molar-refractivity contribution in [3.63, 3.8) is 0 Å². The van der Waals surface area contributed by atoms with Crippen molar-refractivity contribution < 1.29 is 14.7 Å². The fourth-order valence-corrected chi connectivity index (χ4v) is 1.09. The van der Waals surface area contributed by atoms with E-state index in [0.717, 1.165) is 0 Å². The van der Waals surface area contributed by atoms with Gasteiger partial charge in [-0.2, -0.15) is 0 Å². The largest absolute Gasteiger partial charge is 0.508 e. The van der Waals surface area contributed by atoms with Crippen LogP contribution < -0.4 is 16.8 Å². The van der Waals surface area contributed by atoms with Crippen LogP contribution in [-0.4, -0.2) is 23.0 Å². The summed E-state index contributed by atoms with van der Waals surface area (Å²) in [5.74, 6) is -1.28. The topological polar surface area (TPSA) is 118 Å². The molecule has 0 aliphatic carbocycles. The average molecular weight is 223 g/mol. The summed E-state index contributed by atoms with van der Waals surface area (Å²) in [6.07, 6.45) is 0.